The second-order valence-electron chi connectivity index (χ2n) is 17.6. The van der Waals surface area contributed by atoms with Crippen LogP contribution in [0.1, 0.15) is 107 Å². The minimum Gasteiger partial charge on any atom is -0.508 e. The average molecular weight is 929 g/mol. The molecule has 8 rings (SSSR count). The Morgan fingerprint density at radius 3 is 2.32 bits per heavy atom. The highest BCUT2D eigenvalue weighted by Crippen LogP contribution is 2.43. The third-order valence-corrected chi connectivity index (χ3v) is 12.8. The minimum absolute atomic E-state index is 0.0128. The maximum absolute atomic E-state index is 13.8. The number of phenolic OH excluding ortho intramolecular Hbond substituents is 2. The molecule has 5 aromatic rings. The van der Waals surface area contributed by atoms with Crippen molar-refractivity contribution in [2.75, 3.05) is 25.0 Å². The van der Waals surface area contributed by atoms with Crippen molar-refractivity contribution in [1.82, 2.24) is 35.2 Å². The molecule has 3 aliphatic heterocycles. The van der Waals surface area contributed by atoms with Gasteiger partial charge in [0.25, 0.3) is 11.8 Å². The summed E-state index contributed by atoms with van der Waals surface area (Å²) in [4.78, 5) is 80.7. The Morgan fingerprint density at radius 2 is 1.65 bits per heavy atom. The van der Waals surface area contributed by atoms with Crippen LogP contribution in [0.3, 0.4) is 0 Å². The van der Waals surface area contributed by atoms with E-state index in [0.29, 0.717) is 34.7 Å². The number of anilines is 1. The maximum Gasteiger partial charge on any atom is 0.411 e. The van der Waals surface area contributed by atoms with Gasteiger partial charge in [-0.2, -0.15) is 0 Å². The van der Waals surface area contributed by atoms with Crippen molar-refractivity contribution >= 4 is 41.5 Å². The highest BCUT2D eigenvalue weighted by molar-refractivity contribution is 6.06. The van der Waals surface area contributed by atoms with Gasteiger partial charge in [-0.15, -0.1) is 10.2 Å². The van der Waals surface area contributed by atoms with Crippen LogP contribution in [0.25, 0.3) is 17.1 Å². The first-order valence-electron chi connectivity index (χ1n) is 22.3. The third kappa shape index (κ3) is 8.98. The molecule has 4 aromatic carbocycles. The van der Waals surface area contributed by atoms with Gasteiger partial charge in [0.15, 0.2) is 5.82 Å². The van der Waals surface area contributed by atoms with Crippen LogP contribution in [0.5, 0.6) is 17.2 Å². The molecule has 6 amide bonds. The molecule has 0 saturated carbocycles. The highest BCUT2D eigenvalue weighted by atomic mass is 16.6. The summed E-state index contributed by atoms with van der Waals surface area (Å²) in [5, 5.41) is 48.4. The normalized spacial score (nSPS) is 19.1. The fourth-order valence-electron chi connectivity index (χ4n) is 9.42. The Bertz CT molecular complexity index is 2820. The summed E-state index contributed by atoms with van der Waals surface area (Å²) in [6.45, 7) is 9.35. The number of rotatable bonds is 12. The average Bonchev–Trinajstić information content (AvgIpc) is 3.88. The number of nitrogens with one attached hydrogen (secondary N) is 3. The van der Waals surface area contributed by atoms with Crippen LogP contribution < -0.4 is 20.7 Å². The lowest BCUT2D eigenvalue weighted by Gasteiger charge is -2.46. The van der Waals surface area contributed by atoms with Crippen molar-refractivity contribution in [3.05, 3.63) is 112 Å². The van der Waals surface area contributed by atoms with Crippen molar-refractivity contribution < 1.29 is 53.6 Å². The van der Waals surface area contributed by atoms with Crippen molar-refractivity contribution in [2.45, 2.75) is 90.4 Å². The summed E-state index contributed by atoms with van der Waals surface area (Å²) in [6, 6.07) is 18.4. The molecule has 19 nitrogen and oxygen atoms in total. The summed E-state index contributed by atoms with van der Waals surface area (Å²) in [5.74, 6) is -2.02. The van der Waals surface area contributed by atoms with Crippen LogP contribution in [0.15, 0.2) is 72.8 Å². The number of carbonyl (C=O) groups is 6. The Labute approximate surface area is 391 Å². The number of aryl methyl sites for hydroxylation is 2. The van der Waals surface area contributed by atoms with Crippen LogP contribution in [-0.2, 0) is 20.9 Å². The number of ether oxygens (including phenoxy) is 2. The van der Waals surface area contributed by atoms with Crippen molar-refractivity contribution in [1.29, 1.82) is 0 Å². The number of phenols is 2. The highest BCUT2D eigenvalue weighted by Gasteiger charge is 2.46. The number of nitrogens with zero attached hydrogens (tertiary/aromatic N) is 5. The van der Waals surface area contributed by atoms with Crippen molar-refractivity contribution in [3.63, 3.8) is 0 Å². The van der Waals surface area contributed by atoms with Gasteiger partial charge in [0.05, 0.1) is 11.6 Å². The molecule has 354 valence electrons. The molecular formula is C49H52N8O11. The summed E-state index contributed by atoms with van der Waals surface area (Å²) < 4.78 is 14.3. The zero-order chi connectivity index (χ0) is 48.6. The predicted molar refractivity (Wildman–Crippen MR) is 246 cm³/mol. The van der Waals surface area contributed by atoms with E-state index in [1.54, 1.807) is 55.5 Å². The zero-order valence-corrected chi connectivity index (χ0v) is 38.2. The van der Waals surface area contributed by atoms with Crippen molar-refractivity contribution in [2.24, 2.45) is 0 Å². The number of likely N-dealkylation sites (tertiary alicyclic amines) is 1. The summed E-state index contributed by atoms with van der Waals surface area (Å²) >= 11 is 0. The van der Waals surface area contributed by atoms with Gasteiger partial charge in [0.2, 0.25) is 17.6 Å². The van der Waals surface area contributed by atoms with E-state index in [4.69, 9.17) is 9.47 Å². The third-order valence-electron chi connectivity index (χ3n) is 12.8. The zero-order valence-electron chi connectivity index (χ0n) is 38.2. The number of carboxylic acid groups (broad SMARTS) is 1. The number of imide groups is 1. The molecule has 0 aliphatic carbocycles. The number of benzene rings is 4. The van der Waals surface area contributed by atoms with Gasteiger partial charge in [-0.3, -0.25) is 34.4 Å². The monoisotopic (exact) mass is 928 g/mol. The number of hydrogen-bond donors (Lipinski definition) is 6. The lowest BCUT2D eigenvalue weighted by atomic mass is 9.81. The number of aromatic nitrogens is 3. The van der Waals surface area contributed by atoms with Crippen LogP contribution in [0.2, 0.25) is 0 Å². The Hall–Kier alpha value is -7.96. The summed E-state index contributed by atoms with van der Waals surface area (Å²) in [7, 11) is 0. The molecule has 68 heavy (non-hydrogen) atoms. The molecule has 0 radical (unpaired) electrons. The van der Waals surface area contributed by atoms with Crippen LogP contribution in [0.4, 0.5) is 15.3 Å². The number of amides is 6. The molecule has 3 unspecified atom stereocenters. The molecule has 3 atom stereocenters. The van der Waals surface area contributed by atoms with Gasteiger partial charge in [0.1, 0.15) is 35.5 Å². The number of carbonyl (C=O) groups excluding carboxylic acids is 5. The first kappa shape index (κ1) is 46.6. The second kappa shape index (κ2) is 18.7. The molecule has 0 bridgehead atoms. The molecule has 2 fully saturated rings. The van der Waals surface area contributed by atoms with Gasteiger partial charge in [-0.25, -0.2) is 9.59 Å². The summed E-state index contributed by atoms with van der Waals surface area (Å²) in [5.41, 5.74) is 3.47. The van der Waals surface area contributed by atoms with Gasteiger partial charge < -0.3 is 39.9 Å². The van der Waals surface area contributed by atoms with Gasteiger partial charge in [-0.1, -0.05) is 38.1 Å². The topological polar surface area (TPSA) is 255 Å². The van der Waals surface area contributed by atoms with Gasteiger partial charge in [-0.05, 0) is 97.8 Å². The fraction of sp³-hybridized carbons (Fsp3) is 0.347. The van der Waals surface area contributed by atoms with Crippen LogP contribution in [-0.4, -0.2) is 107 Å². The molecule has 3 aliphatic rings. The van der Waals surface area contributed by atoms with E-state index in [1.807, 2.05) is 45.9 Å². The van der Waals surface area contributed by atoms with E-state index in [0.717, 1.165) is 16.7 Å². The number of fused-ring (bicyclic) bond motifs is 1. The number of aromatic hydroxyl groups is 2. The predicted octanol–water partition coefficient (Wildman–Crippen LogP) is 6.48. The molecular weight excluding hydrogens is 877 g/mol. The molecule has 2 saturated heterocycles. The SMILES string of the molecule is CCNC(=O)c1nnc(-c2cc(C(C)C)c(O)cc2O)n1-c1ccc(OC2(COC(=O)Nc3cccc4c3CN(C3CCC(=O)NC3=O)C4=O)CCN(C(=O)O)C(c3c(C)cccc3C)C2)cc1. The Balaban J connectivity index is 1.11. The van der Waals surface area contributed by atoms with Crippen molar-refractivity contribution in [3.8, 4) is 34.3 Å². The minimum atomic E-state index is -1.31. The molecule has 0 spiro atoms. The second-order valence-corrected chi connectivity index (χ2v) is 17.6. The molecule has 19 heteroatoms. The number of piperidine rings is 2. The van der Waals surface area contributed by atoms with E-state index < -0.39 is 53.5 Å². The molecule has 1 aromatic heterocycles. The smallest absolute Gasteiger partial charge is 0.411 e. The first-order chi connectivity index (χ1) is 32.5. The summed E-state index contributed by atoms with van der Waals surface area (Å²) in [6.07, 6.45) is -1.55. The quantitative estimate of drug-likeness (QED) is 0.0734. The van der Waals surface area contributed by atoms with E-state index in [2.05, 4.69) is 26.1 Å². The maximum atomic E-state index is 13.8. The van der Waals surface area contributed by atoms with Crippen LogP contribution >= 0.6 is 0 Å². The largest absolute Gasteiger partial charge is 0.508 e. The lowest BCUT2D eigenvalue weighted by Crippen LogP contribution is -2.54. The van der Waals surface area contributed by atoms with Crippen LogP contribution in [0, 0.1) is 13.8 Å². The molecule has 6 N–H and O–H groups in total. The fourth-order valence-corrected chi connectivity index (χ4v) is 9.42. The Morgan fingerprint density at radius 1 is 0.926 bits per heavy atom. The van der Waals surface area contributed by atoms with E-state index in [1.165, 1.54) is 20.4 Å². The molecule has 4 heterocycles. The first-order valence-corrected chi connectivity index (χ1v) is 22.3. The standard InChI is InChI=1S/C49H52N8O11/c1-6-50-45(62)43-54-53-42(33-21-32(26(2)3)38(58)22-39(33)59)57(43)29-13-15-30(16-14-29)68-49(19-20-55(48(65)66)37(23-49)41-27(4)9-7-10-28(41)5)25-67-47(64)51-35-12-8-11-31-34(35)24-56(46(31)63)36-17-18-40(60)52-44(36)61/h7-16,21-22,26,36-37,58-59H,6,17-20,23-25H2,1-5H3,(H,50,62)(H,51,64)(H,65,66)(H,52,60,61). The Kier molecular flexibility index (Phi) is 12.8. The number of hydrogen-bond acceptors (Lipinski definition) is 12. The lowest BCUT2D eigenvalue weighted by molar-refractivity contribution is -0.136. The van der Waals surface area contributed by atoms with E-state index in [9.17, 15) is 44.1 Å². The van der Waals surface area contributed by atoms with E-state index >= 15 is 0 Å². The van der Waals surface area contributed by atoms with Gasteiger partial charge in [0, 0.05) is 67.5 Å². The van der Waals surface area contributed by atoms with E-state index in [-0.39, 0.29) is 85.7 Å². The van der Waals surface area contributed by atoms with Gasteiger partial charge >= 0.3 is 12.2 Å².